The fraction of sp³-hybridized carbons (Fsp3) is 0.947. The molecule has 0 aliphatic heterocycles. The number of aliphatic hydroxyl groups is 6. The average molecular weight is 659 g/mol. The number of aliphatic hydroxyl groups excluding tert-OH is 6. The van der Waals surface area contributed by atoms with Gasteiger partial charge in [0.15, 0.2) is 11.6 Å². The molecule has 0 saturated heterocycles. The molecule has 0 saturated carbocycles. The molecule has 8 heteroatoms. The minimum absolute atomic E-state index is 0.0294. The Morgan fingerprint density at radius 1 is 0.326 bits per heavy atom. The Kier molecular flexibility index (Phi) is 30.8. The molecule has 0 rings (SSSR count). The Balaban J connectivity index is 4.05. The molecule has 0 aromatic heterocycles. The first-order chi connectivity index (χ1) is 22.2. The van der Waals surface area contributed by atoms with Crippen molar-refractivity contribution >= 4 is 11.6 Å². The van der Waals surface area contributed by atoms with E-state index in [0.717, 1.165) is 38.5 Å². The third-order valence-corrected chi connectivity index (χ3v) is 9.41. The van der Waals surface area contributed by atoms with Crippen LogP contribution in [0.2, 0.25) is 0 Å². The van der Waals surface area contributed by atoms with Crippen molar-refractivity contribution < 1.29 is 40.2 Å². The largest absolute Gasteiger partial charge is 0.387 e. The molecule has 2 unspecified atom stereocenters. The van der Waals surface area contributed by atoms with Crippen molar-refractivity contribution in [3.63, 3.8) is 0 Å². The van der Waals surface area contributed by atoms with Gasteiger partial charge in [-0.25, -0.2) is 0 Å². The van der Waals surface area contributed by atoms with E-state index in [4.69, 9.17) is 0 Å². The minimum atomic E-state index is -2.11. The first-order valence-electron chi connectivity index (χ1n) is 19.3. The Bertz CT molecular complexity index is 644. The van der Waals surface area contributed by atoms with Gasteiger partial charge in [0.2, 0.25) is 0 Å². The molecule has 274 valence electrons. The molecule has 0 heterocycles. The van der Waals surface area contributed by atoms with Gasteiger partial charge >= 0.3 is 0 Å². The van der Waals surface area contributed by atoms with Gasteiger partial charge in [-0.2, -0.15) is 0 Å². The zero-order chi connectivity index (χ0) is 34.4. The van der Waals surface area contributed by atoms with Crippen molar-refractivity contribution in [1.29, 1.82) is 0 Å². The second-order valence-corrected chi connectivity index (χ2v) is 13.8. The molecule has 46 heavy (non-hydrogen) atoms. The molecule has 0 fully saturated rings. The zero-order valence-corrected chi connectivity index (χ0v) is 29.8. The lowest BCUT2D eigenvalue weighted by Crippen LogP contribution is -2.54. The lowest BCUT2D eigenvalue weighted by molar-refractivity contribution is -0.167. The summed E-state index contributed by atoms with van der Waals surface area (Å²) in [5.41, 5.74) is 0. The van der Waals surface area contributed by atoms with E-state index in [1.54, 1.807) is 0 Å². The summed E-state index contributed by atoms with van der Waals surface area (Å²) in [4.78, 5) is 24.7. The quantitative estimate of drug-likeness (QED) is 0.0389. The molecule has 6 atom stereocenters. The topological polar surface area (TPSA) is 156 Å². The SMILES string of the molecule is CCCCCCCCCCCCCCCC(=O)C(O)[C@@H](O)[C@@H](O)[C@H](O)[C@H](O)C(O)C(=O)CCCCCCCCCCCCCCC. The molecule has 0 aromatic rings. The van der Waals surface area contributed by atoms with Crippen LogP contribution in [0.25, 0.3) is 0 Å². The van der Waals surface area contributed by atoms with E-state index in [2.05, 4.69) is 13.8 Å². The fourth-order valence-electron chi connectivity index (χ4n) is 6.09. The van der Waals surface area contributed by atoms with Crippen LogP contribution in [0.3, 0.4) is 0 Å². The number of carbonyl (C=O) groups excluding carboxylic acids is 2. The molecular weight excluding hydrogens is 584 g/mol. The summed E-state index contributed by atoms with van der Waals surface area (Å²) >= 11 is 0. The van der Waals surface area contributed by atoms with Crippen LogP contribution in [0.1, 0.15) is 194 Å². The van der Waals surface area contributed by atoms with E-state index in [-0.39, 0.29) is 12.8 Å². The molecule has 0 aliphatic rings. The zero-order valence-electron chi connectivity index (χ0n) is 29.8. The summed E-state index contributed by atoms with van der Waals surface area (Å²) in [5.74, 6) is -1.31. The standard InChI is InChI=1S/C38H74O8/c1-3-5-7-9-11-13-15-17-19-21-23-25-27-29-31(39)33(41)35(43)37(45)38(46)36(44)34(42)32(40)30-28-26-24-22-20-18-16-14-12-10-8-6-4-2/h33-38,41-46H,3-30H2,1-2H3/t33?,34?,35-,36-,37-,38-/m1/s1. The number of hydrogen-bond acceptors (Lipinski definition) is 8. The Morgan fingerprint density at radius 2 is 0.522 bits per heavy atom. The van der Waals surface area contributed by atoms with Crippen molar-refractivity contribution in [2.45, 2.75) is 230 Å². The van der Waals surface area contributed by atoms with Crippen LogP contribution in [-0.2, 0) is 9.59 Å². The summed E-state index contributed by atoms with van der Waals surface area (Å²) in [5, 5.41) is 61.6. The van der Waals surface area contributed by atoms with E-state index in [1.807, 2.05) is 0 Å². The molecule has 0 aromatic carbocycles. The van der Waals surface area contributed by atoms with Gasteiger partial charge in [0.1, 0.15) is 36.6 Å². The van der Waals surface area contributed by atoms with Crippen molar-refractivity contribution in [3.05, 3.63) is 0 Å². The van der Waals surface area contributed by atoms with Crippen molar-refractivity contribution in [2.24, 2.45) is 0 Å². The van der Waals surface area contributed by atoms with Crippen LogP contribution in [0.4, 0.5) is 0 Å². The van der Waals surface area contributed by atoms with Gasteiger partial charge < -0.3 is 30.6 Å². The Labute approximate surface area is 281 Å². The minimum Gasteiger partial charge on any atom is -0.387 e. The summed E-state index contributed by atoms with van der Waals surface area (Å²) in [6.45, 7) is 4.45. The maximum Gasteiger partial charge on any atom is 0.164 e. The predicted octanol–water partition coefficient (Wildman–Crippen LogP) is 7.25. The van der Waals surface area contributed by atoms with Gasteiger partial charge in [-0.3, -0.25) is 9.59 Å². The Morgan fingerprint density at radius 3 is 0.739 bits per heavy atom. The van der Waals surface area contributed by atoms with Gasteiger partial charge in [-0.1, -0.05) is 168 Å². The molecule has 0 bridgehead atoms. The van der Waals surface area contributed by atoms with Crippen molar-refractivity contribution in [3.8, 4) is 0 Å². The first-order valence-corrected chi connectivity index (χ1v) is 19.3. The second-order valence-electron chi connectivity index (χ2n) is 13.8. The van der Waals surface area contributed by atoms with Crippen LogP contribution >= 0.6 is 0 Å². The number of Topliss-reactive ketones (excluding diaryl/α,β-unsaturated/α-hetero) is 2. The third kappa shape index (κ3) is 23.4. The van der Waals surface area contributed by atoms with E-state index >= 15 is 0 Å². The van der Waals surface area contributed by atoms with Gasteiger partial charge in [0.05, 0.1) is 0 Å². The summed E-state index contributed by atoms with van der Waals surface area (Å²) in [6, 6.07) is 0. The van der Waals surface area contributed by atoms with Gasteiger partial charge in [0.25, 0.3) is 0 Å². The normalized spacial score (nSPS) is 15.7. The first kappa shape index (κ1) is 45.1. The number of ketones is 2. The highest BCUT2D eigenvalue weighted by molar-refractivity contribution is 5.84. The summed E-state index contributed by atoms with van der Waals surface area (Å²) < 4.78 is 0. The van der Waals surface area contributed by atoms with Crippen molar-refractivity contribution in [1.82, 2.24) is 0 Å². The summed E-state index contributed by atoms with van der Waals surface area (Å²) in [6.07, 6.45) is 17.9. The van der Waals surface area contributed by atoms with E-state index in [0.29, 0.717) is 12.8 Å². The highest BCUT2D eigenvalue weighted by atomic mass is 16.4. The molecular formula is C38H74O8. The highest BCUT2D eigenvalue weighted by Crippen LogP contribution is 2.18. The third-order valence-electron chi connectivity index (χ3n) is 9.41. The van der Waals surface area contributed by atoms with Crippen LogP contribution in [0.5, 0.6) is 0 Å². The van der Waals surface area contributed by atoms with Crippen LogP contribution in [0.15, 0.2) is 0 Å². The van der Waals surface area contributed by atoms with Crippen molar-refractivity contribution in [2.75, 3.05) is 0 Å². The molecule has 6 N–H and O–H groups in total. The van der Waals surface area contributed by atoms with E-state index in [1.165, 1.54) is 116 Å². The molecule has 8 nitrogen and oxygen atoms in total. The number of hydrogen-bond donors (Lipinski definition) is 6. The van der Waals surface area contributed by atoms with Crippen LogP contribution < -0.4 is 0 Å². The van der Waals surface area contributed by atoms with E-state index in [9.17, 15) is 40.2 Å². The molecule has 0 radical (unpaired) electrons. The maximum absolute atomic E-state index is 12.4. The molecule has 0 amide bonds. The predicted molar refractivity (Wildman–Crippen MR) is 187 cm³/mol. The highest BCUT2D eigenvalue weighted by Gasteiger charge is 2.40. The smallest absolute Gasteiger partial charge is 0.164 e. The van der Waals surface area contributed by atoms with Gasteiger partial charge in [0, 0.05) is 12.8 Å². The maximum atomic E-state index is 12.4. The monoisotopic (exact) mass is 659 g/mol. The number of rotatable bonds is 35. The fourth-order valence-corrected chi connectivity index (χ4v) is 6.09. The lowest BCUT2D eigenvalue weighted by Gasteiger charge is -2.30. The summed E-state index contributed by atoms with van der Waals surface area (Å²) in [7, 11) is 0. The van der Waals surface area contributed by atoms with Crippen LogP contribution in [-0.4, -0.2) is 78.8 Å². The lowest BCUT2D eigenvalue weighted by atomic mass is 9.91. The Hall–Kier alpha value is -0.900. The number of carbonyl (C=O) groups is 2. The van der Waals surface area contributed by atoms with E-state index < -0.39 is 48.2 Å². The van der Waals surface area contributed by atoms with Gasteiger partial charge in [-0.15, -0.1) is 0 Å². The second kappa shape index (κ2) is 31.4. The van der Waals surface area contributed by atoms with Gasteiger partial charge in [-0.05, 0) is 12.8 Å². The number of unbranched alkanes of at least 4 members (excludes halogenated alkanes) is 24. The molecule has 0 spiro atoms. The van der Waals surface area contributed by atoms with Crippen LogP contribution in [0, 0.1) is 0 Å². The average Bonchev–Trinajstić information content (AvgIpc) is 3.06. The molecule has 0 aliphatic carbocycles.